The molecular weight excluding hydrogens is 378 g/mol. The molecule has 0 unspecified atom stereocenters. The highest BCUT2D eigenvalue weighted by Gasteiger charge is 2.17. The van der Waals surface area contributed by atoms with Crippen molar-refractivity contribution in [3.63, 3.8) is 0 Å². The summed E-state index contributed by atoms with van der Waals surface area (Å²) in [5, 5.41) is 4.11. The fourth-order valence-corrected chi connectivity index (χ4v) is 3.01. The predicted octanol–water partition coefficient (Wildman–Crippen LogP) is 4.58. The number of nitrogens with zero attached hydrogens (tertiary/aromatic N) is 3. The van der Waals surface area contributed by atoms with Gasteiger partial charge in [-0.1, -0.05) is 24.3 Å². The largest absolute Gasteiger partial charge is 0.434 e. The maximum Gasteiger partial charge on any atom is 0.387 e. The van der Waals surface area contributed by atoms with E-state index in [4.69, 9.17) is 0 Å². The summed E-state index contributed by atoms with van der Waals surface area (Å²) in [4.78, 5) is 21.2. The minimum atomic E-state index is -3.04. The van der Waals surface area contributed by atoms with Gasteiger partial charge in [0.1, 0.15) is 17.4 Å². The summed E-state index contributed by atoms with van der Waals surface area (Å²) in [5.41, 5.74) is 0.436. The number of imidazole rings is 1. The third-order valence-corrected chi connectivity index (χ3v) is 4.39. The second-order valence-electron chi connectivity index (χ2n) is 6.28. The van der Waals surface area contributed by atoms with E-state index in [1.165, 1.54) is 18.3 Å². The molecular formula is C21H16F2N4O2. The Labute approximate surface area is 164 Å². The summed E-state index contributed by atoms with van der Waals surface area (Å²) in [6.07, 6.45) is 4.93. The number of pyridine rings is 1. The number of carbonyl (C=O) groups excluding carboxylic acids is 1. The van der Waals surface area contributed by atoms with E-state index in [2.05, 4.69) is 20.0 Å². The highest BCUT2D eigenvalue weighted by Crippen LogP contribution is 2.28. The lowest BCUT2D eigenvalue weighted by Gasteiger charge is -2.13. The summed E-state index contributed by atoms with van der Waals surface area (Å²) >= 11 is 0. The number of ether oxygens (including phenoxy) is 1. The second-order valence-corrected chi connectivity index (χ2v) is 6.28. The van der Waals surface area contributed by atoms with Crippen LogP contribution in [0.15, 0.2) is 67.1 Å². The Kier molecular flexibility index (Phi) is 4.90. The molecule has 2 heterocycles. The fraction of sp³-hybridized carbons (Fsp3) is 0.0952. The van der Waals surface area contributed by atoms with Crippen molar-refractivity contribution in [1.29, 1.82) is 0 Å². The zero-order valence-electron chi connectivity index (χ0n) is 15.3. The maximum atomic E-state index is 12.8. The maximum absolute atomic E-state index is 12.8. The lowest BCUT2D eigenvalue weighted by atomic mass is 10.1. The number of carbonyl (C=O) groups is 1. The number of amides is 1. The third kappa shape index (κ3) is 3.91. The number of halogens is 2. The summed E-state index contributed by atoms with van der Waals surface area (Å²) in [7, 11) is 0. The van der Waals surface area contributed by atoms with Crippen LogP contribution in [-0.4, -0.2) is 27.1 Å². The van der Waals surface area contributed by atoms with Gasteiger partial charge in [-0.25, -0.2) is 9.97 Å². The van der Waals surface area contributed by atoms with Gasteiger partial charge in [-0.15, -0.1) is 0 Å². The van der Waals surface area contributed by atoms with Crippen molar-refractivity contribution >= 4 is 22.4 Å². The molecule has 29 heavy (non-hydrogen) atoms. The third-order valence-electron chi connectivity index (χ3n) is 4.39. The molecule has 0 saturated carbocycles. The molecule has 4 aromatic rings. The number of aromatic nitrogens is 3. The summed E-state index contributed by atoms with van der Waals surface area (Å²) in [5.74, 6) is 0.666. The summed E-state index contributed by atoms with van der Waals surface area (Å²) in [6.45, 7) is -1.19. The van der Waals surface area contributed by atoms with E-state index in [-0.39, 0.29) is 11.3 Å². The van der Waals surface area contributed by atoms with Gasteiger partial charge in [0.25, 0.3) is 5.91 Å². The Balaban J connectivity index is 1.62. The molecule has 0 aliphatic rings. The van der Waals surface area contributed by atoms with Crippen molar-refractivity contribution in [3.8, 4) is 11.6 Å². The Morgan fingerprint density at radius 2 is 1.86 bits per heavy atom. The number of aryl methyl sites for hydroxylation is 1. The number of benzene rings is 2. The Bertz CT molecular complexity index is 1170. The lowest BCUT2D eigenvalue weighted by Crippen LogP contribution is -2.15. The van der Waals surface area contributed by atoms with Crippen molar-refractivity contribution in [3.05, 3.63) is 78.5 Å². The predicted molar refractivity (Wildman–Crippen MR) is 105 cm³/mol. The van der Waals surface area contributed by atoms with Crippen LogP contribution in [0.3, 0.4) is 0 Å². The van der Waals surface area contributed by atoms with Gasteiger partial charge in [0.15, 0.2) is 0 Å². The molecule has 146 valence electrons. The number of rotatable bonds is 5. The molecule has 1 amide bonds. The van der Waals surface area contributed by atoms with E-state index < -0.39 is 12.5 Å². The van der Waals surface area contributed by atoms with Crippen molar-refractivity contribution < 1.29 is 18.3 Å². The number of fused-ring (bicyclic) bond motifs is 1. The number of nitrogens with one attached hydrogen (secondary N) is 1. The molecule has 0 bridgehead atoms. The van der Waals surface area contributed by atoms with Crippen LogP contribution in [0.25, 0.3) is 16.6 Å². The smallest absolute Gasteiger partial charge is 0.387 e. The first-order valence-corrected chi connectivity index (χ1v) is 8.76. The molecule has 0 aliphatic heterocycles. The molecule has 0 radical (unpaired) electrons. The van der Waals surface area contributed by atoms with E-state index in [1.54, 1.807) is 53.4 Å². The van der Waals surface area contributed by atoms with Crippen molar-refractivity contribution in [1.82, 2.24) is 14.5 Å². The highest BCUT2D eigenvalue weighted by molar-refractivity contribution is 6.08. The van der Waals surface area contributed by atoms with Crippen LogP contribution in [-0.2, 0) is 0 Å². The van der Waals surface area contributed by atoms with Crippen LogP contribution in [0.4, 0.5) is 14.5 Å². The average molecular weight is 394 g/mol. The van der Waals surface area contributed by atoms with Gasteiger partial charge in [-0.2, -0.15) is 8.78 Å². The minimum Gasteiger partial charge on any atom is -0.434 e. The van der Waals surface area contributed by atoms with E-state index in [0.717, 1.165) is 11.2 Å². The monoisotopic (exact) mass is 394 g/mol. The normalized spacial score (nSPS) is 11.0. The molecule has 0 fully saturated rings. The molecule has 2 aromatic carbocycles. The number of anilines is 1. The quantitative estimate of drug-likeness (QED) is 0.538. The molecule has 0 spiro atoms. The van der Waals surface area contributed by atoms with Crippen molar-refractivity contribution in [2.24, 2.45) is 0 Å². The minimum absolute atomic E-state index is 0.0125. The lowest BCUT2D eigenvalue weighted by molar-refractivity contribution is -0.0500. The molecule has 2 aromatic heterocycles. The van der Waals surface area contributed by atoms with Crippen molar-refractivity contribution in [2.75, 3.05) is 5.32 Å². The Morgan fingerprint density at radius 3 is 2.48 bits per heavy atom. The Hall–Kier alpha value is -3.81. The van der Waals surface area contributed by atoms with E-state index in [1.807, 2.05) is 6.92 Å². The zero-order valence-corrected chi connectivity index (χ0v) is 15.3. The average Bonchev–Trinajstić information content (AvgIpc) is 3.13. The molecule has 0 atom stereocenters. The molecule has 1 N–H and O–H groups in total. The van der Waals surface area contributed by atoms with Gasteiger partial charge >= 0.3 is 6.61 Å². The van der Waals surface area contributed by atoms with Gasteiger partial charge in [0.05, 0.1) is 17.4 Å². The van der Waals surface area contributed by atoms with E-state index in [0.29, 0.717) is 16.9 Å². The standard InChI is InChI=1S/C21H16F2N4O2/c1-13-24-8-9-27(13)19-7-6-16(12-25-19)26-20(28)17-10-14-4-2-3-5-15(14)11-18(17)29-21(22)23/h2-12,21H,1H3,(H,26,28). The summed E-state index contributed by atoms with van der Waals surface area (Å²) in [6, 6.07) is 13.5. The zero-order chi connectivity index (χ0) is 20.4. The van der Waals surface area contributed by atoms with Crippen LogP contribution in [0, 0.1) is 6.92 Å². The Morgan fingerprint density at radius 1 is 1.10 bits per heavy atom. The van der Waals surface area contributed by atoms with Crippen LogP contribution >= 0.6 is 0 Å². The molecule has 4 rings (SSSR count). The number of hydrogen-bond donors (Lipinski definition) is 1. The second kappa shape index (κ2) is 7.67. The first kappa shape index (κ1) is 18.5. The van der Waals surface area contributed by atoms with Gasteiger partial charge in [-0.05, 0) is 42.0 Å². The van der Waals surface area contributed by atoms with Crippen LogP contribution in [0.2, 0.25) is 0 Å². The van der Waals surface area contributed by atoms with Gasteiger partial charge < -0.3 is 10.1 Å². The SMILES string of the molecule is Cc1nccn1-c1ccc(NC(=O)c2cc3ccccc3cc2OC(F)F)cn1. The van der Waals surface area contributed by atoms with E-state index in [9.17, 15) is 13.6 Å². The molecule has 6 nitrogen and oxygen atoms in total. The van der Waals surface area contributed by atoms with Crippen LogP contribution in [0.1, 0.15) is 16.2 Å². The van der Waals surface area contributed by atoms with Crippen LogP contribution in [0.5, 0.6) is 5.75 Å². The van der Waals surface area contributed by atoms with Crippen LogP contribution < -0.4 is 10.1 Å². The first-order valence-electron chi connectivity index (χ1n) is 8.76. The van der Waals surface area contributed by atoms with Gasteiger partial charge in [-0.3, -0.25) is 9.36 Å². The number of hydrogen-bond acceptors (Lipinski definition) is 4. The first-order chi connectivity index (χ1) is 14.0. The number of alkyl halides is 2. The molecule has 8 heteroatoms. The topological polar surface area (TPSA) is 69.0 Å². The van der Waals surface area contributed by atoms with Gasteiger partial charge in [0, 0.05) is 12.4 Å². The molecule has 0 saturated heterocycles. The summed E-state index contributed by atoms with van der Waals surface area (Å²) < 4.78 is 32.0. The molecule has 0 aliphatic carbocycles. The van der Waals surface area contributed by atoms with Crippen molar-refractivity contribution in [2.45, 2.75) is 13.5 Å². The highest BCUT2D eigenvalue weighted by atomic mass is 19.3. The fourth-order valence-electron chi connectivity index (χ4n) is 3.01. The van der Waals surface area contributed by atoms with Gasteiger partial charge in [0.2, 0.25) is 0 Å². The van der Waals surface area contributed by atoms with E-state index >= 15 is 0 Å².